The highest BCUT2D eigenvalue weighted by Gasteiger charge is 2.41. The number of aromatic nitrogens is 1. The van der Waals surface area contributed by atoms with Gasteiger partial charge in [0.2, 0.25) is 5.91 Å². The van der Waals surface area contributed by atoms with Gasteiger partial charge >= 0.3 is 0 Å². The molecule has 4 heterocycles. The van der Waals surface area contributed by atoms with E-state index in [0.29, 0.717) is 94.5 Å². The summed E-state index contributed by atoms with van der Waals surface area (Å²) in [5.74, 6) is 1.69. The number of benzene rings is 2. The molecule has 1 spiro atoms. The van der Waals surface area contributed by atoms with Crippen molar-refractivity contribution >= 4 is 46.5 Å². The lowest BCUT2D eigenvalue weighted by molar-refractivity contribution is -0.134. The van der Waals surface area contributed by atoms with Gasteiger partial charge in [-0.1, -0.05) is 44.9 Å². The highest BCUT2D eigenvalue weighted by Crippen LogP contribution is 2.39. The molecule has 13 nitrogen and oxygen atoms in total. The smallest absolute Gasteiger partial charge is 0.273 e. The molecule has 1 aliphatic carbocycles. The summed E-state index contributed by atoms with van der Waals surface area (Å²) in [4.78, 5) is 50.8. The van der Waals surface area contributed by atoms with E-state index in [9.17, 15) is 19.5 Å². The van der Waals surface area contributed by atoms with Gasteiger partial charge in [-0.2, -0.15) is 0 Å². The number of likely N-dealkylation sites (tertiary alicyclic amines) is 1. The number of morpholine rings is 1. The van der Waals surface area contributed by atoms with Crippen LogP contribution >= 0.6 is 23.1 Å². The number of carbonyl (C=O) groups is 3. The molecular weight excluding hydrogens is 801 g/mol. The Balaban J connectivity index is 0.768. The van der Waals surface area contributed by atoms with Crippen LogP contribution in [0.5, 0.6) is 11.5 Å². The molecule has 0 atom stereocenters. The number of piperidine rings is 1. The molecule has 0 radical (unpaired) electrons. The van der Waals surface area contributed by atoms with Crippen LogP contribution in [0.3, 0.4) is 0 Å². The van der Waals surface area contributed by atoms with Crippen molar-refractivity contribution in [2.75, 3.05) is 83.3 Å². The summed E-state index contributed by atoms with van der Waals surface area (Å²) in [6.45, 7) is 11.8. The first-order valence-electron chi connectivity index (χ1n) is 21.8. The normalized spacial score (nSPS) is 18.1. The molecule has 2 aromatic carbocycles. The van der Waals surface area contributed by atoms with Gasteiger partial charge in [-0.15, -0.1) is 23.1 Å². The number of nitrogens with zero attached hydrogens (tertiary/aromatic N) is 4. The lowest BCUT2D eigenvalue weighted by Gasteiger charge is -2.47. The molecule has 3 aliphatic heterocycles. The molecule has 0 bridgehead atoms. The molecule has 1 saturated carbocycles. The number of thiazole rings is 1. The second-order valence-corrected chi connectivity index (χ2v) is 18.8. The minimum atomic E-state index is -0.279. The lowest BCUT2D eigenvalue weighted by atomic mass is 9.89. The monoisotopic (exact) mass is 862 g/mol. The quantitative estimate of drug-likeness (QED) is 0.0710. The fourth-order valence-corrected chi connectivity index (χ4v) is 10.4. The molecule has 0 unspecified atom stereocenters. The van der Waals surface area contributed by atoms with E-state index in [1.165, 1.54) is 10.5 Å². The summed E-state index contributed by atoms with van der Waals surface area (Å²) in [5.41, 5.74) is 2.84. The van der Waals surface area contributed by atoms with Crippen LogP contribution in [0, 0.1) is 0 Å². The Hall–Kier alpha value is -3.73. The van der Waals surface area contributed by atoms with Crippen LogP contribution in [-0.2, 0) is 32.0 Å². The molecule has 4 aliphatic rings. The number of phenolic OH excluding ortho intramolecular Hbond substituents is 1. The molecule has 3 N–H and O–H groups in total. The van der Waals surface area contributed by atoms with E-state index in [1.54, 1.807) is 17.4 Å². The molecule has 3 aromatic rings. The maximum absolute atomic E-state index is 13.4. The van der Waals surface area contributed by atoms with Gasteiger partial charge < -0.3 is 39.8 Å². The van der Waals surface area contributed by atoms with Crippen molar-refractivity contribution in [2.45, 2.75) is 101 Å². The number of hydrogen-bond donors (Lipinski definition) is 3. The van der Waals surface area contributed by atoms with Crippen molar-refractivity contribution in [3.8, 4) is 11.5 Å². The SMILES string of the molecule is CC(C)c1nc(C(=O)N2CCOC3(CCN(Cc4cccc(SCCCOCCC(=O)N(CCNCCc5ccc(O)c6c5OCC(=O)N6)C5CCCC5)c4)CC3)C2)cs1. The van der Waals surface area contributed by atoms with Crippen LogP contribution in [0.1, 0.15) is 97.8 Å². The zero-order valence-corrected chi connectivity index (χ0v) is 36.9. The minimum absolute atomic E-state index is 0.00308. The van der Waals surface area contributed by atoms with E-state index >= 15 is 0 Å². The van der Waals surface area contributed by atoms with Gasteiger partial charge in [-0.05, 0) is 74.4 Å². The highest BCUT2D eigenvalue weighted by molar-refractivity contribution is 7.99. The maximum Gasteiger partial charge on any atom is 0.273 e. The summed E-state index contributed by atoms with van der Waals surface area (Å²) >= 11 is 3.41. The molecule has 326 valence electrons. The number of anilines is 1. The number of thioether (sulfide) groups is 1. The van der Waals surface area contributed by atoms with Gasteiger partial charge in [0.25, 0.3) is 11.8 Å². The van der Waals surface area contributed by atoms with Crippen molar-refractivity contribution < 1.29 is 33.7 Å². The van der Waals surface area contributed by atoms with Crippen LogP contribution in [0.25, 0.3) is 0 Å². The summed E-state index contributed by atoms with van der Waals surface area (Å²) in [6.07, 6.45) is 8.22. The number of fused-ring (bicyclic) bond motifs is 1. The zero-order chi connectivity index (χ0) is 41.9. The molecule has 3 amide bonds. The molecule has 3 fully saturated rings. The number of amides is 3. The summed E-state index contributed by atoms with van der Waals surface area (Å²) in [7, 11) is 0. The van der Waals surface area contributed by atoms with Gasteiger partial charge in [0, 0.05) is 73.9 Å². The fourth-order valence-electron chi connectivity index (χ4n) is 8.69. The first-order chi connectivity index (χ1) is 29.2. The molecule has 15 heteroatoms. The van der Waals surface area contributed by atoms with Gasteiger partial charge in [-0.25, -0.2) is 4.98 Å². The molecule has 1 aromatic heterocycles. The van der Waals surface area contributed by atoms with E-state index in [4.69, 9.17) is 14.2 Å². The Bertz CT molecular complexity index is 1910. The van der Waals surface area contributed by atoms with Gasteiger partial charge in [0.15, 0.2) is 12.4 Å². The maximum atomic E-state index is 13.4. The van der Waals surface area contributed by atoms with E-state index in [2.05, 4.69) is 63.5 Å². The van der Waals surface area contributed by atoms with Crippen LogP contribution in [0.2, 0.25) is 0 Å². The van der Waals surface area contributed by atoms with E-state index < -0.39 is 0 Å². The standard InChI is InChI=1S/C45H62N6O7S2/c1-32(2)43-47-37(30-60-43)44(55)50-22-25-58-45(31-50)15-19-49(20-16-45)28-33-7-5-10-36(27-33)59-26-6-23-56-24-14-40(54)51(35-8-3-4-9-35)21-18-46-17-13-34-11-12-38(52)41-42(34)57-29-39(53)48-41/h5,7,10-12,27,30,32,35,46,52H,3-4,6,8-9,13-26,28-29,31H2,1-2H3,(H,48,53). The average Bonchev–Trinajstić information content (AvgIpc) is 3.98. The van der Waals surface area contributed by atoms with E-state index in [0.717, 1.165) is 80.9 Å². The third kappa shape index (κ3) is 11.8. The minimum Gasteiger partial charge on any atom is -0.506 e. The highest BCUT2D eigenvalue weighted by atomic mass is 32.2. The van der Waals surface area contributed by atoms with Crippen molar-refractivity contribution in [1.82, 2.24) is 25.0 Å². The number of carbonyl (C=O) groups excluding carboxylic acids is 3. The number of rotatable bonds is 19. The zero-order valence-electron chi connectivity index (χ0n) is 35.3. The predicted octanol–water partition coefficient (Wildman–Crippen LogP) is 6.30. The Morgan fingerprint density at radius 3 is 2.77 bits per heavy atom. The first kappa shape index (κ1) is 44.3. The van der Waals surface area contributed by atoms with E-state index in [-0.39, 0.29) is 35.7 Å². The Morgan fingerprint density at radius 2 is 1.97 bits per heavy atom. The predicted molar refractivity (Wildman–Crippen MR) is 235 cm³/mol. The summed E-state index contributed by atoms with van der Waals surface area (Å²) < 4.78 is 17.9. The van der Waals surface area contributed by atoms with Gasteiger partial charge in [0.1, 0.15) is 17.1 Å². The lowest BCUT2D eigenvalue weighted by Crippen LogP contribution is -2.58. The Morgan fingerprint density at radius 1 is 1.13 bits per heavy atom. The number of phenols is 1. The second kappa shape index (κ2) is 21.4. The van der Waals surface area contributed by atoms with Gasteiger partial charge in [0.05, 0.1) is 36.8 Å². The fraction of sp³-hybridized carbons (Fsp3) is 0.600. The molecule has 7 rings (SSSR count). The van der Waals surface area contributed by atoms with E-state index in [1.807, 2.05) is 28.1 Å². The third-order valence-electron chi connectivity index (χ3n) is 12.0. The molecule has 2 saturated heterocycles. The summed E-state index contributed by atoms with van der Waals surface area (Å²) in [6, 6.07) is 12.5. The second-order valence-electron chi connectivity index (χ2n) is 16.8. The third-order valence-corrected chi connectivity index (χ3v) is 14.2. The molecule has 60 heavy (non-hydrogen) atoms. The Kier molecular flexibility index (Phi) is 15.8. The van der Waals surface area contributed by atoms with Crippen molar-refractivity contribution in [3.05, 3.63) is 63.6 Å². The number of nitrogens with one attached hydrogen (secondary N) is 2. The van der Waals surface area contributed by atoms with Crippen molar-refractivity contribution in [2.24, 2.45) is 0 Å². The van der Waals surface area contributed by atoms with Crippen LogP contribution < -0.4 is 15.4 Å². The number of aromatic hydroxyl groups is 1. The first-order valence-corrected chi connectivity index (χ1v) is 23.7. The van der Waals surface area contributed by atoms with Crippen molar-refractivity contribution in [3.63, 3.8) is 0 Å². The largest absolute Gasteiger partial charge is 0.506 e. The van der Waals surface area contributed by atoms with Crippen LogP contribution in [0.15, 0.2) is 46.7 Å². The number of ether oxygens (including phenoxy) is 3. The van der Waals surface area contributed by atoms with Gasteiger partial charge in [-0.3, -0.25) is 19.3 Å². The average molecular weight is 863 g/mol. The topological polar surface area (TPSA) is 146 Å². The van der Waals surface area contributed by atoms with Crippen LogP contribution in [-0.4, -0.2) is 132 Å². The van der Waals surface area contributed by atoms with Crippen LogP contribution in [0.4, 0.5) is 5.69 Å². The Labute approximate surface area is 362 Å². The van der Waals surface area contributed by atoms with Crippen molar-refractivity contribution in [1.29, 1.82) is 0 Å². The number of hydrogen-bond acceptors (Lipinski definition) is 12. The molecular formula is C45H62N6O7S2. The summed E-state index contributed by atoms with van der Waals surface area (Å²) in [5, 5.41) is 19.2.